The van der Waals surface area contributed by atoms with Crippen molar-refractivity contribution in [3.63, 3.8) is 0 Å². The van der Waals surface area contributed by atoms with E-state index in [-0.39, 0.29) is 22.2 Å². The Bertz CT molecular complexity index is 1530. The van der Waals surface area contributed by atoms with E-state index >= 15 is 0 Å². The van der Waals surface area contributed by atoms with E-state index in [1.807, 2.05) is 24.3 Å². The number of carbonyl (C=O) groups excluding carboxylic acids is 1. The smallest absolute Gasteiger partial charge is 0.359 e. The fourth-order valence-corrected chi connectivity index (χ4v) is 4.30. The summed E-state index contributed by atoms with van der Waals surface area (Å²) < 4.78 is 32.3. The van der Waals surface area contributed by atoms with Gasteiger partial charge in [-0.25, -0.2) is 9.37 Å². The van der Waals surface area contributed by atoms with Crippen LogP contribution in [-0.4, -0.2) is 32.4 Å². The van der Waals surface area contributed by atoms with Crippen LogP contribution in [0.25, 0.3) is 10.9 Å². The Balaban J connectivity index is 1.63. The maximum Gasteiger partial charge on any atom is 0.359 e. The molecule has 4 aromatic rings. The van der Waals surface area contributed by atoms with Crippen LogP contribution in [0.5, 0.6) is 5.75 Å². The number of rotatable bonds is 7. The molecule has 0 unspecified atom stereocenters. The molecule has 3 aromatic carbocycles. The van der Waals surface area contributed by atoms with Gasteiger partial charge in [-0.2, -0.15) is 0 Å². The molecule has 0 saturated heterocycles. The fourth-order valence-electron chi connectivity index (χ4n) is 3.69. The molecule has 0 atom stereocenters. The van der Waals surface area contributed by atoms with E-state index in [1.165, 1.54) is 17.0 Å². The first-order valence-corrected chi connectivity index (χ1v) is 12.1. The van der Waals surface area contributed by atoms with Gasteiger partial charge in [-0.1, -0.05) is 24.3 Å². The molecule has 0 fully saturated rings. The quantitative estimate of drug-likeness (QED) is 0.335. The van der Waals surface area contributed by atoms with Crippen molar-refractivity contribution >= 4 is 35.4 Å². The largest absolute Gasteiger partial charge is 0.496 e. The number of benzene rings is 3. The topological polar surface area (TPSA) is 131 Å². The highest BCUT2D eigenvalue weighted by Gasteiger charge is 2.23. The van der Waals surface area contributed by atoms with E-state index in [0.717, 1.165) is 23.8 Å². The molecule has 4 rings (SSSR count). The normalized spacial score (nSPS) is 11.4. The molecule has 0 aliphatic carbocycles. The SMILES string of the molecule is COc1ccccc1CCn1cnc2cccc(NC(=O)c3ccc(P(=O)(O)O)c(F)c3)c2c1=O. The average Bonchev–Trinajstić information content (AvgIpc) is 2.83. The monoisotopic (exact) mass is 497 g/mol. The minimum Gasteiger partial charge on any atom is -0.496 e. The number of ether oxygens (including phenoxy) is 1. The van der Waals surface area contributed by atoms with Crippen LogP contribution >= 0.6 is 7.60 Å². The first-order chi connectivity index (χ1) is 16.7. The van der Waals surface area contributed by atoms with Crippen LogP contribution in [0.3, 0.4) is 0 Å². The number of carbonyl (C=O) groups is 1. The third-order valence-corrected chi connectivity index (χ3v) is 6.43. The molecule has 0 aliphatic heterocycles. The molecule has 0 aliphatic rings. The van der Waals surface area contributed by atoms with Crippen molar-refractivity contribution < 1.29 is 28.3 Å². The number of halogens is 1. The number of anilines is 1. The molecule has 0 spiro atoms. The fraction of sp³-hybridized carbons (Fsp3) is 0.125. The van der Waals surface area contributed by atoms with Crippen LogP contribution in [-0.2, 0) is 17.5 Å². The van der Waals surface area contributed by atoms with E-state index in [2.05, 4.69) is 10.3 Å². The zero-order chi connectivity index (χ0) is 25.2. The maximum absolute atomic E-state index is 14.1. The van der Waals surface area contributed by atoms with E-state index in [9.17, 15) is 28.3 Å². The number of para-hydroxylation sites is 1. The second-order valence-electron chi connectivity index (χ2n) is 7.67. The maximum atomic E-state index is 14.1. The predicted molar refractivity (Wildman–Crippen MR) is 129 cm³/mol. The van der Waals surface area contributed by atoms with Crippen LogP contribution in [0.2, 0.25) is 0 Å². The molecule has 0 radical (unpaired) electrons. The highest BCUT2D eigenvalue weighted by Crippen LogP contribution is 2.34. The molecule has 35 heavy (non-hydrogen) atoms. The van der Waals surface area contributed by atoms with Gasteiger partial charge in [-0.05, 0) is 48.4 Å². The summed E-state index contributed by atoms with van der Waals surface area (Å²) >= 11 is 0. The molecule has 3 N–H and O–H groups in total. The lowest BCUT2D eigenvalue weighted by Gasteiger charge is -2.12. The highest BCUT2D eigenvalue weighted by atomic mass is 31.2. The number of nitrogens with zero attached hydrogens (tertiary/aromatic N) is 2. The molecule has 1 amide bonds. The summed E-state index contributed by atoms with van der Waals surface area (Å²) in [6, 6.07) is 14.9. The number of aryl methyl sites for hydroxylation is 2. The Morgan fingerprint density at radius 2 is 1.91 bits per heavy atom. The summed E-state index contributed by atoms with van der Waals surface area (Å²) in [4.78, 5) is 48.7. The summed E-state index contributed by atoms with van der Waals surface area (Å²) in [7, 11) is -3.25. The third kappa shape index (κ3) is 5.14. The lowest BCUT2D eigenvalue weighted by molar-refractivity contribution is 0.102. The van der Waals surface area contributed by atoms with Crippen molar-refractivity contribution in [1.82, 2.24) is 9.55 Å². The van der Waals surface area contributed by atoms with Gasteiger partial charge in [0.1, 0.15) is 11.6 Å². The lowest BCUT2D eigenvalue weighted by atomic mass is 10.1. The van der Waals surface area contributed by atoms with Crippen molar-refractivity contribution in [3.05, 3.63) is 94.3 Å². The third-order valence-electron chi connectivity index (χ3n) is 5.44. The molecule has 1 heterocycles. The number of hydrogen-bond donors (Lipinski definition) is 3. The molecule has 0 saturated carbocycles. The second kappa shape index (κ2) is 9.79. The van der Waals surface area contributed by atoms with Gasteiger partial charge >= 0.3 is 7.60 Å². The zero-order valence-electron chi connectivity index (χ0n) is 18.5. The van der Waals surface area contributed by atoms with Crippen LogP contribution in [0.15, 0.2) is 71.8 Å². The van der Waals surface area contributed by atoms with Gasteiger partial charge in [0.05, 0.1) is 35.3 Å². The van der Waals surface area contributed by atoms with E-state index in [0.29, 0.717) is 24.2 Å². The Hall–Kier alpha value is -3.85. The number of amides is 1. The van der Waals surface area contributed by atoms with Crippen molar-refractivity contribution in [2.75, 3.05) is 12.4 Å². The molecule has 1 aromatic heterocycles. The average molecular weight is 497 g/mol. The summed E-state index contributed by atoms with van der Waals surface area (Å²) in [5.41, 5.74) is 0.922. The van der Waals surface area contributed by atoms with Gasteiger partial charge < -0.3 is 19.8 Å². The zero-order valence-corrected chi connectivity index (χ0v) is 19.4. The van der Waals surface area contributed by atoms with Crippen LogP contribution < -0.4 is 20.9 Å². The summed E-state index contributed by atoms with van der Waals surface area (Å²) in [6.45, 7) is 0.319. The van der Waals surface area contributed by atoms with Crippen molar-refractivity contribution in [3.8, 4) is 5.75 Å². The minimum absolute atomic E-state index is 0.169. The van der Waals surface area contributed by atoms with Gasteiger partial charge in [0.25, 0.3) is 11.5 Å². The first-order valence-electron chi connectivity index (χ1n) is 10.5. The van der Waals surface area contributed by atoms with Gasteiger partial charge in [0.15, 0.2) is 0 Å². The van der Waals surface area contributed by atoms with Gasteiger partial charge in [-0.15, -0.1) is 0 Å². The predicted octanol–water partition coefficient (Wildman–Crippen LogP) is 2.84. The second-order valence-corrected chi connectivity index (χ2v) is 9.24. The Kier molecular flexibility index (Phi) is 6.79. The van der Waals surface area contributed by atoms with Crippen molar-refractivity contribution in [1.29, 1.82) is 0 Å². The van der Waals surface area contributed by atoms with Gasteiger partial charge in [0.2, 0.25) is 0 Å². The Morgan fingerprint density at radius 3 is 2.63 bits per heavy atom. The van der Waals surface area contributed by atoms with Crippen molar-refractivity contribution in [2.45, 2.75) is 13.0 Å². The number of hydrogen-bond acceptors (Lipinski definition) is 5. The molecule has 11 heteroatoms. The van der Waals surface area contributed by atoms with E-state index in [4.69, 9.17) is 4.74 Å². The lowest BCUT2D eigenvalue weighted by Crippen LogP contribution is -2.23. The number of nitrogens with one attached hydrogen (secondary N) is 1. The summed E-state index contributed by atoms with van der Waals surface area (Å²) in [5.74, 6) is -1.25. The standard InChI is InChI=1S/C24H21FN3O6P/c1-34-20-8-3-2-5-15(20)11-12-28-14-26-18-6-4-7-19(22(18)24(28)30)27-23(29)16-9-10-21(17(25)13-16)35(31,32)33/h2-10,13-14H,11-12H2,1H3,(H,27,29)(H2,31,32,33). The Morgan fingerprint density at radius 1 is 1.14 bits per heavy atom. The van der Waals surface area contributed by atoms with Gasteiger partial charge in [0, 0.05) is 12.1 Å². The van der Waals surface area contributed by atoms with E-state index < -0.39 is 24.6 Å². The van der Waals surface area contributed by atoms with Crippen molar-refractivity contribution in [2.24, 2.45) is 0 Å². The minimum atomic E-state index is -4.82. The number of fused-ring (bicyclic) bond motifs is 1. The Labute approximate surface area is 199 Å². The molecule has 180 valence electrons. The first kappa shape index (κ1) is 24.3. The molecular formula is C24H21FN3O6P. The van der Waals surface area contributed by atoms with Crippen LogP contribution in [0.1, 0.15) is 15.9 Å². The molecular weight excluding hydrogens is 476 g/mol. The molecule has 0 bridgehead atoms. The van der Waals surface area contributed by atoms with Gasteiger partial charge in [-0.3, -0.25) is 18.7 Å². The number of methoxy groups -OCH3 is 1. The number of aromatic nitrogens is 2. The van der Waals surface area contributed by atoms with E-state index in [1.54, 1.807) is 19.2 Å². The van der Waals surface area contributed by atoms with Crippen LogP contribution in [0, 0.1) is 5.82 Å². The molecule has 9 nitrogen and oxygen atoms in total. The highest BCUT2D eigenvalue weighted by molar-refractivity contribution is 7.60. The summed E-state index contributed by atoms with van der Waals surface area (Å²) in [5, 5.41) is 1.95. The van der Waals surface area contributed by atoms with Crippen LogP contribution in [0.4, 0.5) is 10.1 Å². The summed E-state index contributed by atoms with van der Waals surface area (Å²) in [6.07, 6.45) is 1.94.